The van der Waals surface area contributed by atoms with Gasteiger partial charge >= 0.3 is 5.69 Å². The fraction of sp³-hybridized carbons (Fsp3) is 0.318. The van der Waals surface area contributed by atoms with Crippen molar-refractivity contribution in [2.75, 3.05) is 19.0 Å². The molecule has 1 saturated heterocycles. The van der Waals surface area contributed by atoms with Gasteiger partial charge in [0.25, 0.3) is 11.5 Å². The summed E-state index contributed by atoms with van der Waals surface area (Å²) in [4.78, 5) is 56.4. The van der Waals surface area contributed by atoms with Crippen LogP contribution in [0.5, 0.6) is 5.75 Å². The van der Waals surface area contributed by atoms with Gasteiger partial charge in [0.15, 0.2) is 0 Å². The first kappa shape index (κ1) is 21.3. The monoisotopic (exact) mass is 437 g/mol. The first-order chi connectivity index (χ1) is 15.3. The van der Waals surface area contributed by atoms with Crippen molar-refractivity contribution in [2.45, 2.75) is 18.9 Å². The van der Waals surface area contributed by atoms with E-state index in [1.165, 1.54) is 35.7 Å². The number of carbonyl (C=O) groups is 2. The van der Waals surface area contributed by atoms with Crippen LogP contribution in [0.2, 0.25) is 0 Å². The Morgan fingerprint density at radius 2 is 1.78 bits per heavy atom. The van der Waals surface area contributed by atoms with E-state index in [2.05, 4.69) is 10.3 Å². The Morgan fingerprint density at radius 1 is 1.06 bits per heavy atom. The van der Waals surface area contributed by atoms with Gasteiger partial charge in [0.2, 0.25) is 5.91 Å². The molecule has 0 spiro atoms. The van der Waals surface area contributed by atoms with E-state index in [0.717, 1.165) is 4.57 Å². The second kappa shape index (κ2) is 8.29. The van der Waals surface area contributed by atoms with Gasteiger partial charge in [0.05, 0.1) is 12.5 Å². The van der Waals surface area contributed by atoms with Crippen LogP contribution in [0, 0.1) is 0 Å². The van der Waals surface area contributed by atoms with Gasteiger partial charge in [0, 0.05) is 26.3 Å². The number of nitrogens with one attached hydrogen (secondary N) is 1. The Balaban J connectivity index is 1.60. The highest BCUT2D eigenvalue weighted by Crippen LogP contribution is 2.23. The minimum atomic E-state index is -0.644. The molecule has 0 saturated carbocycles. The number of hydrogen-bond acceptors (Lipinski definition) is 6. The average molecular weight is 437 g/mol. The maximum absolute atomic E-state index is 13.2. The fourth-order valence-electron chi connectivity index (χ4n) is 3.90. The number of benzene rings is 1. The molecule has 1 aromatic carbocycles. The van der Waals surface area contributed by atoms with Gasteiger partial charge in [0.1, 0.15) is 23.1 Å². The quantitative estimate of drug-likeness (QED) is 0.648. The van der Waals surface area contributed by atoms with Crippen molar-refractivity contribution in [3.8, 4) is 5.75 Å². The van der Waals surface area contributed by atoms with E-state index in [1.54, 1.807) is 31.4 Å². The third-order valence-corrected chi connectivity index (χ3v) is 5.69. The number of likely N-dealkylation sites (tertiary alicyclic amines) is 1. The van der Waals surface area contributed by atoms with Crippen LogP contribution in [0.15, 0.2) is 46.0 Å². The Bertz CT molecular complexity index is 1330. The molecule has 166 valence electrons. The van der Waals surface area contributed by atoms with Gasteiger partial charge in [-0.1, -0.05) is 0 Å². The number of aryl methyl sites for hydroxylation is 1. The van der Waals surface area contributed by atoms with E-state index < -0.39 is 23.2 Å². The maximum atomic E-state index is 13.2. The molecular weight excluding hydrogens is 414 g/mol. The number of fused-ring (bicyclic) bond motifs is 1. The molecular formula is C22H23N5O5. The molecule has 4 rings (SSSR count). The van der Waals surface area contributed by atoms with E-state index in [9.17, 15) is 19.2 Å². The summed E-state index contributed by atoms with van der Waals surface area (Å²) in [5.41, 5.74) is -0.206. The number of rotatable bonds is 4. The van der Waals surface area contributed by atoms with Crippen molar-refractivity contribution in [3.63, 3.8) is 0 Å². The lowest BCUT2D eigenvalue weighted by Crippen LogP contribution is -2.43. The molecule has 1 fully saturated rings. The van der Waals surface area contributed by atoms with Crippen LogP contribution < -0.4 is 21.3 Å². The number of pyridine rings is 1. The van der Waals surface area contributed by atoms with E-state index in [0.29, 0.717) is 30.8 Å². The zero-order valence-corrected chi connectivity index (χ0v) is 18.0. The summed E-state index contributed by atoms with van der Waals surface area (Å²) in [6.07, 6.45) is 1.21. The van der Waals surface area contributed by atoms with Crippen LogP contribution in [-0.2, 0) is 18.9 Å². The maximum Gasteiger partial charge on any atom is 0.332 e. The van der Waals surface area contributed by atoms with Crippen LogP contribution in [0.4, 0.5) is 5.69 Å². The molecule has 3 heterocycles. The van der Waals surface area contributed by atoms with E-state index in [1.807, 2.05) is 0 Å². The highest BCUT2D eigenvalue weighted by atomic mass is 16.5. The Kier molecular flexibility index (Phi) is 5.52. The Morgan fingerprint density at radius 3 is 2.47 bits per heavy atom. The summed E-state index contributed by atoms with van der Waals surface area (Å²) in [6, 6.07) is 9.22. The summed E-state index contributed by atoms with van der Waals surface area (Å²) in [5, 5.41) is 3.07. The third-order valence-electron chi connectivity index (χ3n) is 5.69. The molecule has 0 bridgehead atoms. The van der Waals surface area contributed by atoms with Gasteiger partial charge in [-0.05, 0) is 49.2 Å². The predicted molar refractivity (Wildman–Crippen MR) is 118 cm³/mol. The SMILES string of the molecule is COc1ccc(NC(=O)[C@@H]2CCCN2C(=O)c2ccc3c(=O)n(C)c(=O)n(C)c3n2)cc1. The summed E-state index contributed by atoms with van der Waals surface area (Å²) in [6.45, 7) is 0.411. The zero-order valence-electron chi connectivity index (χ0n) is 18.0. The summed E-state index contributed by atoms with van der Waals surface area (Å²) in [5.74, 6) is -0.0391. The first-order valence-electron chi connectivity index (χ1n) is 10.1. The third kappa shape index (κ3) is 3.64. The number of aromatic nitrogens is 3. The lowest BCUT2D eigenvalue weighted by atomic mass is 10.2. The molecule has 0 aliphatic carbocycles. The lowest BCUT2D eigenvalue weighted by Gasteiger charge is -2.24. The Hall–Kier alpha value is -3.95. The van der Waals surface area contributed by atoms with E-state index in [4.69, 9.17) is 4.74 Å². The number of anilines is 1. The number of carbonyl (C=O) groups excluding carboxylic acids is 2. The second-order valence-electron chi connectivity index (χ2n) is 7.65. The van der Waals surface area contributed by atoms with Gasteiger partial charge < -0.3 is 15.0 Å². The largest absolute Gasteiger partial charge is 0.497 e. The molecule has 1 N–H and O–H groups in total. The number of methoxy groups -OCH3 is 1. The normalized spacial score (nSPS) is 15.7. The Labute approximate surface area is 183 Å². The molecule has 10 nitrogen and oxygen atoms in total. The second-order valence-corrected chi connectivity index (χ2v) is 7.65. The van der Waals surface area contributed by atoms with E-state index >= 15 is 0 Å². The topological polar surface area (TPSA) is 116 Å². The number of nitrogens with zero attached hydrogens (tertiary/aromatic N) is 4. The van der Waals surface area contributed by atoms with Gasteiger partial charge in [-0.2, -0.15) is 0 Å². The average Bonchev–Trinajstić information content (AvgIpc) is 3.31. The standard InChI is InChI=1S/C22H23N5O5/c1-25-18-15(20(29)26(2)22(25)31)10-11-16(24-18)21(30)27-12-4-5-17(27)19(28)23-13-6-8-14(32-3)9-7-13/h6-11,17H,4-5,12H2,1-3H3,(H,23,28)/t17-/m0/s1. The molecule has 32 heavy (non-hydrogen) atoms. The molecule has 1 aliphatic heterocycles. The van der Waals surface area contributed by atoms with Crippen molar-refractivity contribution in [1.82, 2.24) is 19.0 Å². The van der Waals surface area contributed by atoms with Crippen LogP contribution in [-0.4, -0.2) is 50.5 Å². The van der Waals surface area contributed by atoms with Crippen molar-refractivity contribution in [2.24, 2.45) is 14.1 Å². The molecule has 3 aromatic rings. The predicted octanol–water partition coefficient (Wildman–Crippen LogP) is 0.884. The van der Waals surface area contributed by atoms with Crippen molar-refractivity contribution in [1.29, 1.82) is 0 Å². The summed E-state index contributed by atoms with van der Waals surface area (Å²) >= 11 is 0. The minimum absolute atomic E-state index is 0.0740. The number of ether oxygens (including phenoxy) is 1. The van der Waals surface area contributed by atoms with Crippen molar-refractivity contribution < 1.29 is 14.3 Å². The highest BCUT2D eigenvalue weighted by molar-refractivity contribution is 6.01. The lowest BCUT2D eigenvalue weighted by molar-refractivity contribution is -0.119. The molecule has 0 unspecified atom stereocenters. The summed E-state index contributed by atoms with van der Waals surface area (Å²) < 4.78 is 7.34. The number of hydrogen-bond donors (Lipinski definition) is 1. The van der Waals surface area contributed by atoms with Gasteiger partial charge in [-0.25, -0.2) is 9.78 Å². The fourth-order valence-corrected chi connectivity index (χ4v) is 3.90. The zero-order chi connectivity index (χ0) is 23.0. The van der Waals surface area contributed by atoms with Crippen molar-refractivity contribution in [3.05, 3.63) is 62.9 Å². The van der Waals surface area contributed by atoms with Crippen LogP contribution in [0.1, 0.15) is 23.3 Å². The van der Waals surface area contributed by atoms with Crippen LogP contribution in [0.3, 0.4) is 0 Å². The molecule has 2 amide bonds. The summed E-state index contributed by atoms with van der Waals surface area (Å²) in [7, 11) is 4.44. The van der Waals surface area contributed by atoms with Crippen LogP contribution >= 0.6 is 0 Å². The molecule has 10 heteroatoms. The number of amides is 2. The van der Waals surface area contributed by atoms with E-state index in [-0.39, 0.29) is 22.6 Å². The van der Waals surface area contributed by atoms with Crippen LogP contribution in [0.25, 0.3) is 11.0 Å². The smallest absolute Gasteiger partial charge is 0.332 e. The highest BCUT2D eigenvalue weighted by Gasteiger charge is 2.35. The molecule has 2 aromatic heterocycles. The molecule has 1 aliphatic rings. The van der Waals surface area contributed by atoms with Gasteiger partial charge in [-0.3, -0.25) is 23.5 Å². The molecule has 1 atom stereocenters. The van der Waals surface area contributed by atoms with Crippen molar-refractivity contribution >= 4 is 28.5 Å². The van der Waals surface area contributed by atoms with Gasteiger partial charge in [-0.15, -0.1) is 0 Å². The minimum Gasteiger partial charge on any atom is -0.497 e. The molecule has 0 radical (unpaired) electrons. The first-order valence-corrected chi connectivity index (χ1v) is 10.1.